The SMILES string of the molecule is Oc1ccccc1/C=N/Nc1nc(Nc2ccc(F)cc2)nc(Nc2ccc(F)cc2)n1. The van der Waals surface area contributed by atoms with Crippen molar-refractivity contribution in [3.05, 3.63) is 90.0 Å². The molecule has 160 valence electrons. The van der Waals surface area contributed by atoms with E-state index in [-0.39, 0.29) is 35.2 Å². The largest absolute Gasteiger partial charge is 0.507 e. The average molecular weight is 433 g/mol. The molecule has 0 aliphatic carbocycles. The lowest BCUT2D eigenvalue weighted by Gasteiger charge is -2.10. The zero-order valence-corrected chi connectivity index (χ0v) is 16.5. The number of halogens is 2. The standard InChI is InChI=1S/C22H17F2N7O/c23-15-5-9-17(10-6-15)26-20-28-21(27-18-11-7-16(24)8-12-18)30-22(29-20)31-25-13-14-3-1-2-4-19(14)32/h1-13,32H,(H3,26,27,28,29,30,31)/b25-13+. The van der Waals surface area contributed by atoms with Crippen LogP contribution in [0.15, 0.2) is 77.9 Å². The Morgan fingerprint density at radius 1 is 0.688 bits per heavy atom. The minimum Gasteiger partial charge on any atom is -0.507 e. The number of hydrogen-bond acceptors (Lipinski definition) is 8. The monoisotopic (exact) mass is 433 g/mol. The number of nitrogens with zero attached hydrogens (tertiary/aromatic N) is 4. The topological polar surface area (TPSA) is 107 Å². The molecular weight excluding hydrogens is 416 g/mol. The van der Waals surface area contributed by atoms with E-state index in [0.717, 1.165) is 0 Å². The van der Waals surface area contributed by atoms with Crippen molar-refractivity contribution in [1.29, 1.82) is 0 Å². The number of para-hydroxylation sites is 1. The van der Waals surface area contributed by atoms with Crippen LogP contribution < -0.4 is 16.1 Å². The van der Waals surface area contributed by atoms with Crippen molar-refractivity contribution in [3.63, 3.8) is 0 Å². The summed E-state index contributed by atoms with van der Waals surface area (Å²) in [4.78, 5) is 12.8. The Hall–Kier alpha value is -4.60. The lowest BCUT2D eigenvalue weighted by atomic mass is 10.2. The number of phenolic OH excluding ortho intramolecular Hbond substituents is 1. The molecule has 0 saturated carbocycles. The normalized spacial score (nSPS) is 10.8. The molecule has 0 radical (unpaired) electrons. The van der Waals surface area contributed by atoms with Crippen LogP contribution in [0.2, 0.25) is 0 Å². The van der Waals surface area contributed by atoms with Crippen LogP contribution in [0.5, 0.6) is 5.75 Å². The Morgan fingerprint density at radius 3 is 1.72 bits per heavy atom. The lowest BCUT2D eigenvalue weighted by molar-refractivity contribution is 0.474. The molecule has 0 aliphatic rings. The van der Waals surface area contributed by atoms with Crippen molar-refractivity contribution in [1.82, 2.24) is 15.0 Å². The first-order valence-electron chi connectivity index (χ1n) is 9.43. The van der Waals surface area contributed by atoms with E-state index in [4.69, 9.17) is 0 Å². The minimum absolute atomic E-state index is 0.0750. The smallest absolute Gasteiger partial charge is 0.250 e. The van der Waals surface area contributed by atoms with Crippen LogP contribution in [0.25, 0.3) is 0 Å². The predicted octanol–water partition coefficient (Wildman–Crippen LogP) is 4.79. The Kier molecular flexibility index (Phi) is 6.12. The second-order valence-corrected chi connectivity index (χ2v) is 6.50. The maximum atomic E-state index is 13.2. The maximum absolute atomic E-state index is 13.2. The van der Waals surface area contributed by atoms with E-state index in [0.29, 0.717) is 16.9 Å². The summed E-state index contributed by atoms with van der Waals surface area (Å²) in [5.41, 5.74) is 4.32. The van der Waals surface area contributed by atoms with Gasteiger partial charge in [0.05, 0.1) is 6.21 Å². The summed E-state index contributed by atoms with van der Waals surface area (Å²) in [6.45, 7) is 0. The molecule has 4 N–H and O–H groups in total. The van der Waals surface area contributed by atoms with Crippen molar-refractivity contribution in [2.45, 2.75) is 0 Å². The van der Waals surface area contributed by atoms with Crippen LogP contribution in [0.4, 0.5) is 38.0 Å². The van der Waals surface area contributed by atoms with E-state index < -0.39 is 0 Å². The second kappa shape index (κ2) is 9.47. The zero-order valence-electron chi connectivity index (χ0n) is 16.5. The van der Waals surface area contributed by atoms with Gasteiger partial charge < -0.3 is 15.7 Å². The summed E-state index contributed by atoms with van der Waals surface area (Å²) in [6.07, 6.45) is 1.42. The fourth-order valence-corrected chi connectivity index (χ4v) is 2.62. The molecule has 0 bridgehead atoms. The average Bonchev–Trinajstić information content (AvgIpc) is 2.78. The number of rotatable bonds is 7. The molecule has 1 aromatic heterocycles. The molecule has 0 unspecified atom stereocenters. The van der Waals surface area contributed by atoms with Gasteiger partial charge in [-0.15, -0.1) is 0 Å². The fourth-order valence-electron chi connectivity index (χ4n) is 2.62. The van der Waals surface area contributed by atoms with Crippen molar-refractivity contribution < 1.29 is 13.9 Å². The highest BCUT2D eigenvalue weighted by Crippen LogP contribution is 2.19. The van der Waals surface area contributed by atoms with Crippen molar-refractivity contribution in [3.8, 4) is 5.75 Å². The van der Waals surface area contributed by atoms with Gasteiger partial charge in [0, 0.05) is 16.9 Å². The van der Waals surface area contributed by atoms with Gasteiger partial charge in [0.15, 0.2) is 0 Å². The first-order valence-corrected chi connectivity index (χ1v) is 9.43. The summed E-state index contributed by atoms with van der Waals surface area (Å²) >= 11 is 0. The second-order valence-electron chi connectivity index (χ2n) is 6.50. The number of benzene rings is 3. The number of aromatic hydroxyl groups is 1. The molecule has 0 fully saturated rings. The zero-order chi connectivity index (χ0) is 22.3. The Bertz CT molecular complexity index is 1170. The van der Waals surface area contributed by atoms with Gasteiger partial charge in [-0.2, -0.15) is 20.1 Å². The van der Waals surface area contributed by atoms with Gasteiger partial charge in [0.2, 0.25) is 17.8 Å². The van der Waals surface area contributed by atoms with E-state index in [1.54, 1.807) is 24.3 Å². The summed E-state index contributed by atoms with van der Waals surface area (Å²) in [5.74, 6) is -0.240. The molecule has 1 heterocycles. The quantitative estimate of drug-likeness (QED) is 0.245. The summed E-state index contributed by atoms with van der Waals surface area (Å²) < 4.78 is 26.4. The number of hydrazone groups is 1. The Balaban J connectivity index is 1.59. The highest BCUT2D eigenvalue weighted by Gasteiger charge is 2.08. The number of aromatic nitrogens is 3. The summed E-state index contributed by atoms with van der Waals surface area (Å²) in [6, 6.07) is 18.1. The van der Waals surface area contributed by atoms with Gasteiger partial charge in [-0.25, -0.2) is 14.2 Å². The third-order valence-electron chi connectivity index (χ3n) is 4.14. The van der Waals surface area contributed by atoms with Crippen molar-refractivity contribution in [2.75, 3.05) is 16.1 Å². The molecule has 0 atom stereocenters. The van der Waals surface area contributed by atoms with Crippen molar-refractivity contribution in [2.24, 2.45) is 5.10 Å². The molecule has 10 heteroatoms. The van der Waals surface area contributed by atoms with Crippen LogP contribution in [0.1, 0.15) is 5.56 Å². The lowest BCUT2D eigenvalue weighted by Crippen LogP contribution is -2.07. The van der Waals surface area contributed by atoms with Gasteiger partial charge in [0.1, 0.15) is 17.4 Å². The molecule has 0 amide bonds. The van der Waals surface area contributed by atoms with E-state index in [1.165, 1.54) is 54.7 Å². The number of hydrogen-bond donors (Lipinski definition) is 4. The third kappa shape index (κ3) is 5.51. The first kappa shape index (κ1) is 20.7. The van der Waals surface area contributed by atoms with Gasteiger partial charge >= 0.3 is 0 Å². The fraction of sp³-hybridized carbons (Fsp3) is 0. The molecule has 4 aromatic rings. The molecule has 0 saturated heterocycles. The first-order chi connectivity index (χ1) is 15.5. The number of nitrogens with one attached hydrogen (secondary N) is 3. The van der Waals surface area contributed by atoms with E-state index in [1.807, 2.05) is 0 Å². The minimum atomic E-state index is -0.370. The van der Waals surface area contributed by atoms with Crippen LogP contribution in [-0.2, 0) is 0 Å². The van der Waals surface area contributed by atoms with Crippen LogP contribution in [-0.4, -0.2) is 26.3 Å². The summed E-state index contributed by atoms with van der Waals surface area (Å²) in [7, 11) is 0. The molecular formula is C22H17F2N7O. The molecule has 8 nitrogen and oxygen atoms in total. The van der Waals surface area contributed by atoms with E-state index >= 15 is 0 Å². The third-order valence-corrected chi connectivity index (χ3v) is 4.14. The van der Waals surface area contributed by atoms with Crippen molar-refractivity contribution >= 4 is 35.4 Å². The van der Waals surface area contributed by atoms with Gasteiger partial charge in [0.25, 0.3) is 0 Å². The van der Waals surface area contributed by atoms with Crippen LogP contribution in [0.3, 0.4) is 0 Å². The number of anilines is 5. The highest BCUT2D eigenvalue weighted by atomic mass is 19.1. The Morgan fingerprint density at radius 2 is 1.19 bits per heavy atom. The maximum Gasteiger partial charge on any atom is 0.250 e. The Labute approximate surface area is 181 Å². The van der Waals surface area contributed by atoms with E-state index in [9.17, 15) is 13.9 Å². The number of phenols is 1. The predicted molar refractivity (Wildman–Crippen MR) is 119 cm³/mol. The molecule has 0 aliphatic heterocycles. The van der Waals surface area contributed by atoms with Crippen LogP contribution in [0, 0.1) is 11.6 Å². The van der Waals surface area contributed by atoms with Gasteiger partial charge in [-0.1, -0.05) is 12.1 Å². The molecule has 0 spiro atoms. The van der Waals surface area contributed by atoms with Gasteiger partial charge in [-0.05, 0) is 60.7 Å². The van der Waals surface area contributed by atoms with Crippen LogP contribution >= 0.6 is 0 Å². The molecule has 4 rings (SSSR count). The summed E-state index contributed by atoms with van der Waals surface area (Å²) in [5, 5.41) is 19.8. The molecule has 3 aromatic carbocycles. The molecule has 32 heavy (non-hydrogen) atoms. The van der Waals surface area contributed by atoms with Gasteiger partial charge in [-0.3, -0.25) is 0 Å². The van der Waals surface area contributed by atoms with E-state index in [2.05, 4.69) is 36.1 Å². The highest BCUT2D eigenvalue weighted by molar-refractivity contribution is 5.83.